The minimum Gasteiger partial charge on any atom is -0.360 e. The molecule has 0 saturated heterocycles. The summed E-state index contributed by atoms with van der Waals surface area (Å²) in [6.07, 6.45) is 1.42. The van der Waals surface area contributed by atoms with Gasteiger partial charge in [0.25, 0.3) is 10.1 Å². The maximum Gasteiger partial charge on any atom is 0.295 e. The van der Waals surface area contributed by atoms with E-state index in [9.17, 15) is 13.0 Å². The van der Waals surface area contributed by atoms with Crippen molar-refractivity contribution in [3.05, 3.63) is 48.4 Å². The predicted octanol–water partition coefficient (Wildman–Crippen LogP) is 1.58. The molecule has 0 saturated carbocycles. The predicted molar refractivity (Wildman–Crippen MR) is 85.2 cm³/mol. The minimum atomic E-state index is -4.30. The fourth-order valence-electron chi connectivity index (χ4n) is 2.15. The molecule has 0 bridgehead atoms. The summed E-state index contributed by atoms with van der Waals surface area (Å²) in [5.74, 6) is 0.152. The second-order valence-electron chi connectivity index (χ2n) is 4.72. The lowest BCUT2D eigenvalue weighted by molar-refractivity contribution is 0.484. The van der Waals surface area contributed by atoms with E-state index in [0.29, 0.717) is 16.5 Å². The molecule has 0 aliphatic heterocycles. The van der Waals surface area contributed by atoms with Gasteiger partial charge >= 0.3 is 0 Å². The summed E-state index contributed by atoms with van der Waals surface area (Å²) < 4.78 is 32.0. The van der Waals surface area contributed by atoms with E-state index in [-0.39, 0.29) is 16.3 Å². The fourth-order valence-corrected chi connectivity index (χ4v) is 2.86. The van der Waals surface area contributed by atoms with E-state index in [1.165, 1.54) is 18.3 Å². The first-order valence-corrected chi connectivity index (χ1v) is 8.04. The second kappa shape index (κ2) is 6.07. The Balaban J connectivity index is 1.97. The minimum absolute atomic E-state index is 0.152. The standard InChI is InChI=1S/C14H10N6O3S/c15-7-10(14-17-19-20-18-14)8-16-11-4-5-12-9(6-11)2-1-3-13(12)24(21,22)23/h1-6,8,16H,(H,21,22,23)(H,17,18,19,20). The van der Waals surface area contributed by atoms with E-state index in [2.05, 4.69) is 25.9 Å². The molecule has 9 nitrogen and oxygen atoms in total. The summed E-state index contributed by atoms with van der Waals surface area (Å²) in [7, 11) is -4.30. The van der Waals surface area contributed by atoms with E-state index < -0.39 is 10.1 Å². The number of aromatic amines is 1. The first-order chi connectivity index (χ1) is 11.5. The number of aromatic nitrogens is 4. The zero-order valence-corrected chi connectivity index (χ0v) is 12.8. The molecule has 2 aromatic carbocycles. The molecule has 3 N–H and O–H groups in total. The van der Waals surface area contributed by atoms with Crippen LogP contribution < -0.4 is 5.32 Å². The van der Waals surface area contributed by atoms with Gasteiger partial charge in [-0.15, -0.1) is 10.2 Å². The highest BCUT2D eigenvalue weighted by Crippen LogP contribution is 2.25. The van der Waals surface area contributed by atoms with Gasteiger partial charge in [0.2, 0.25) is 5.82 Å². The van der Waals surface area contributed by atoms with E-state index in [1.807, 2.05) is 6.07 Å². The van der Waals surface area contributed by atoms with Crippen LogP contribution in [0.2, 0.25) is 0 Å². The Bertz CT molecular complexity index is 1070. The smallest absolute Gasteiger partial charge is 0.295 e. The molecule has 10 heteroatoms. The maximum atomic E-state index is 11.4. The van der Waals surface area contributed by atoms with Crippen LogP contribution in [0.4, 0.5) is 5.69 Å². The molecule has 3 rings (SSSR count). The number of hydrogen-bond donors (Lipinski definition) is 3. The maximum absolute atomic E-state index is 11.4. The van der Waals surface area contributed by atoms with Gasteiger partial charge in [-0.05, 0) is 28.8 Å². The molecule has 0 spiro atoms. The van der Waals surface area contributed by atoms with Crippen molar-refractivity contribution in [2.75, 3.05) is 5.32 Å². The van der Waals surface area contributed by atoms with Crippen molar-refractivity contribution in [2.24, 2.45) is 0 Å². The first-order valence-electron chi connectivity index (χ1n) is 6.60. The summed E-state index contributed by atoms with van der Waals surface area (Å²) in [4.78, 5) is -0.161. The van der Waals surface area contributed by atoms with Crippen molar-refractivity contribution in [1.82, 2.24) is 20.6 Å². The Morgan fingerprint density at radius 3 is 2.83 bits per heavy atom. The van der Waals surface area contributed by atoms with Crippen LogP contribution >= 0.6 is 0 Å². The van der Waals surface area contributed by atoms with Gasteiger partial charge in [0, 0.05) is 17.3 Å². The van der Waals surface area contributed by atoms with Crippen LogP contribution in [0.5, 0.6) is 0 Å². The zero-order valence-electron chi connectivity index (χ0n) is 12.0. The van der Waals surface area contributed by atoms with Crippen LogP contribution in [0.25, 0.3) is 16.3 Å². The third kappa shape index (κ3) is 3.07. The summed E-state index contributed by atoms with van der Waals surface area (Å²) in [5.41, 5.74) is 0.793. The number of allylic oxidation sites excluding steroid dienone is 1. The quantitative estimate of drug-likeness (QED) is 0.478. The van der Waals surface area contributed by atoms with Crippen LogP contribution in [0.15, 0.2) is 47.5 Å². The van der Waals surface area contributed by atoms with Gasteiger partial charge < -0.3 is 5.32 Å². The van der Waals surface area contributed by atoms with E-state index in [4.69, 9.17) is 5.26 Å². The fraction of sp³-hybridized carbons (Fsp3) is 0. The second-order valence-corrected chi connectivity index (χ2v) is 6.11. The van der Waals surface area contributed by atoms with Gasteiger partial charge in [0.1, 0.15) is 16.5 Å². The highest BCUT2D eigenvalue weighted by molar-refractivity contribution is 7.86. The average molecular weight is 342 g/mol. The number of nitrogens with one attached hydrogen (secondary N) is 2. The molecule has 0 fully saturated rings. The average Bonchev–Trinajstić information content (AvgIpc) is 3.08. The van der Waals surface area contributed by atoms with E-state index in [0.717, 1.165) is 0 Å². The molecular weight excluding hydrogens is 332 g/mol. The number of benzene rings is 2. The van der Waals surface area contributed by atoms with Gasteiger partial charge in [0.05, 0.1) is 0 Å². The summed E-state index contributed by atoms with van der Waals surface area (Å²) >= 11 is 0. The van der Waals surface area contributed by atoms with Crippen molar-refractivity contribution >= 4 is 32.2 Å². The Hall–Kier alpha value is -3.29. The number of nitriles is 1. The topological polar surface area (TPSA) is 145 Å². The Morgan fingerprint density at radius 2 is 2.17 bits per heavy atom. The van der Waals surface area contributed by atoms with Crippen molar-refractivity contribution in [1.29, 1.82) is 5.26 Å². The number of nitrogens with zero attached hydrogens (tertiary/aromatic N) is 4. The Morgan fingerprint density at radius 1 is 1.33 bits per heavy atom. The third-order valence-corrected chi connectivity index (χ3v) is 4.12. The summed E-state index contributed by atoms with van der Waals surface area (Å²) in [6, 6.07) is 11.4. The lowest BCUT2D eigenvalue weighted by Crippen LogP contribution is -1.99. The normalized spacial score (nSPS) is 12.1. The monoisotopic (exact) mass is 342 g/mol. The highest BCUT2D eigenvalue weighted by Gasteiger charge is 2.13. The SMILES string of the molecule is N#CC(=CNc1ccc2c(S(=O)(=O)O)cccc2c1)c1nn[nH]n1. The number of H-pyrrole nitrogens is 1. The summed E-state index contributed by atoms with van der Waals surface area (Å²) in [5, 5.41) is 26.1. The molecule has 0 atom stereocenters. The van der Waals surface area contributed by atoms with Crippen LogP contribution in [0.3, 0.4) is 0 Å². The molecule has 120 valence electrons. The van der Waals surface area contributed by atoms with Gasteiger partial charge in [0.15, 0.2) is 0 Å². The summed E-state index contributed by atoms with van der Waals surface area (Å²) in [6.45, 7) is 0. The molecular formula is C14H10N6O3S. The molecule has 0 aliphatic rings. The van der Waals surface area contributed by atoms with Crippen molar-refractivity contribution in [2.45, 2.75) is 4.90 Å². The number of hydrogen-bond acceptors (Lipinski definition) is 7. The Labute approximate surface area is 136 Å². The van der Waals surface area contributed by atoms with E-state index >= 15 is 0 Å². The molecule has 24 heavy (non-hydrogen) atoms. The number of tetrazole rings is 1. The van der Waals surface area contributed by atoms with Crippen LogP contribution in [-0.4, -0.2) is 33.6 Å². The first kappa shape index (κ1) is 15.6. The number of anilines is 1. The number of fused-ring (bicyclic) bond motifs is 1. The molecule has 3 aromatic rings. The van der Waals surface area contributed by atoms with Crippen molar-refractivity contribution < 1.29 is 13.0 Å². The van der Waals surface area contributed by atoms with E-state index in [1.54, 1.807) is 24.3 Å². The van der Waals surface area contributed by atoms with Gasteiger partial charge in [-0.3, -0.25) is 4.55 Å². The zero-order chi connectivity index (χ0) is 17.2. The largest absolute Gasteiger partial charge is 0.360 e. The van der Waals surface area contributed by atoms with Gasteiger partial charge in [-0.1, -0.05) is 18.2 Å². The third-order valence-electron chi connectivity index (χ3n) is 3.21. The van der Waals surface area contributed by atoms with Crippen molar-refractivity contribution in [3.8, 4) is 6.07 Å². The van der Waals surface area contributed by atoms with Crippen LogP contribution in [0.1, 0.15) is 5.82 Å². The van der Waals surface area contributed by atoms with Crippen LogP contribution in [0, 0.1) is 11.3 Å². The van der Waals surface area contributed by atoms with Crippen molar-refractivity contribution in [3.63, 3.8) is 0 Å². The highest BCUT2D eigenvalue weighted by atomic mass is 32.2. The van der Waals surface area contributed by atoms with Gasteiger partial charge in [-0.25, -0.2) is 0 Å². The molecule has 1 aromatic heterocycles. The van der Waals surface area contributed by atoms with Crippen LogP contribution in [-0.2, 0) is 10.1 Å². The molecule has 0 radical (unpaired) electrons. The van der Waals surface area contributed by atoms with Gasteiger partial charge in [-0.2, -0.15) is 18.9 Å². The molecule has 0 unspecified atom stereocenters. The molecule has 0 amide bonds. The number of rotatable bonds is 4. The lowest BCUT2D eigenvalue weighted by atomic mass is 10.1. The molecule has 0 aliphatic carbocycles. The molecule has 1 heterocycles. The lowest BCUT2D eigenvalue weighted by Gasteiger charge is -2.07. The Kier molecular flexibility index (Phi) is 3.95.